The van der Waals surface area contributed by atoms with Crippen molar-refractivity contribution in [3.63, 3.8) is 0 Å². The Hall–Kier alpha value is -6.83. The minimum atomic E-state index is -0.821. The maximum atomic E-state index is 14.3. The number of rotatable bonds is 18. The van der Waals surface area contributed by atoms with Crippen LogP contribution >= 0.6 is 11.3 Å². The van der Waals surface area contributed by atoms with Gasteiger partial charge in [-0.05, 0) is 131 Å². The number of fused-ring (bicyclic) bond motifs is 2. The molecule has 2 unspecified atom stereocenters. The maximum absolute atomic E-state index is 14.3. The Morgan fingerprint density at radius 2 is 1.69 bits per heavy atom. The lowest BCUT2D eigenvalue weighted by Crippen LogP contribution is -2.54. The fourth-order valence-electron chi connectivity index (χ4n) is 12.8. The molecule has 1 aliphatic carbocycles. The summed E-state index contributed by atoms with van der Waals surface area (Å²) in [6.07, 6.45) is 8.65. The van der Waals surface area contributed by atoms with Gasteiger partial charge in [-0.2, -0.15) is 0 Å². The van der Waals surface area contributed by atoms with Gasteiger partial charge < -0.3 is 54.9 Å². The Kier molecular flexibility index (Phi) is 15.6. The van der Waals surface area contributed by atoms with E-state index in [0.717, 1.165) is 104 Å². The molecule has 11 rings (SSSR count). The molecule has 4 saturated heterocycles. The number of hydrogen-bond acceptors (Lipinski definition) is 17. The number of carbonyl (C=O) groups excluding carboxylic acids is 2. The number of carbonyl (C=O) groups is 2. The summed E-state index contributed by atoms with van der Waals surface area (Å²) >= 11 is 1.60. The van der Waals surface area contributed by atoms with Crippen molar-refractivity contribution in [3.8, 4) is 39.2 Å². The molecule has 18 nitrogen and oxygen atoms in total. The number of phenols is 1. The van der Waals surface area contributed by atoms with Crippen molar-refractivity contribution in [1.29, 1.82) is 0 Å². The van der Waals surface area contributed by atoms with Crippen LogP contribution in [0.15, 0.2) is 89.0 Å². The number of thiazole rings is 1. The Bertz CT molecular complexity index is 3040. The van der Waals surface area contributed by atoms with Gasteiger partial charge in [0, 0.05) is 80.3 Å². The average molecular weight is 1080 g/mol. The highest BCUT2D eigenvalue weighted by Gasteiger charge is 2.45. The van der Waals surface area contributed by atoms with Crippen LogP contribution in [-0.2, 0) is 9.59 Å². The number of nitrogens with two attached hydrogens (primary N) is 1. The lowest BCUT2D eigenvalue weighted by molar-refractivity contribution is -0.141. The number of β-amino-alcohol motifs (C(OH)–C–C–N with tert-alkyl or cyclic N) is 1. The number of ether oxygens (including phenoxy) is 2. The second kappa shape index (κ2) is 22.9. The fourth-order valence-corrected chi connectivity index (χ4v) is 13.6. The first kappa shape index (κ1) is 53.2. The van der Waals surface area contributed by atoms with Gasteiger partial charge >= 0.3 is 0 Å². The molecule has 19 heteroatoms. The number of nitrogens with one attached hydrogen (secondary N) is 1. The largest absolute Gasteiger partial charge is 0.507 e. The maximum Gasteiger partial charge on any atom is 0.254 e. The molecular formula is C59H73N11O7S. The Morgan fingerprint density at radius 3 is 2.42 bits per heavy atom. The molecule has 2 aromatic carbocycles. The number of anilines is 3. The monoisotopic (exact) mass is 1080 g/mol. The molecule has 1 saturated carbocycles. The molecule has 5 aliphatic rings. The summed E-state index contributed by atoms with van der Waals surface area (Å²) < 4.78 is 18.4. The number of pyridine rings is 1. The first-order chi connectivity index (χ1) is 37.7. The Morgan fingerprint density at radius 1 is 0.910 bits per heavy atom. The number of aliphatic hydroxyl groups is 1. The number of aliphatic hydroxyl groups excluding tert-OH is 1. The number of aromatic hydroxyl groups is 1. The van der Waals surface area contributed by atoms with Crippen molar-refractivity contribution in [2.75, 3.05) is 54.9 Å². The van der Waals surface area contributed by atoms with Gasteiger partial charge in [0.15, 0.2) is 11.6 Å². The van der Waals surface area contributed by atoms with E-state index in [4.69, 9.17) is 19.7 Å². The van der Waals surface area contributed by atoms with Crippen LogP contribution in [-0.4, -0.2) is 133 Å². The summed E-state index contributed by atoms with van der Waals surface area (Å²) in [5.41, 5.74) is 14.5. The van der Waals surface area contributed by atoms with E-state index in [-0.39, 0.29) is 48.6 Å². The number of piperazine rings is 1. The Labute approximate surface area is 460 Å². The summed E-state index contributed by atoms with van der Waals surface area (Å²) in [7, 11) is 0. The molecule has 2 amide bonds. The molecule has 78 heavy (non-hydrogen) atoms. The van der Waals surface area contributed by atoms with Crippen LogP contribution in [0.25, 0.3) is 21.7 Å². The van der Waals surface area contributed by atoms with E-state index in [1.807, 2.05) is 81.9 Å². The van der Waals surface area contributed by atoms with Crippen molar-refractivity contribution in [2.45, 2.75) is 134 Å². The zero-order chi connectivity index (χ0) is 54.2. The number of nitrogens with zero attached hydrogens (tertiary/aromatic N) is 9. The number of aryl methyl sites for hydroxylation is 1. The normalized spacial score (nSPS) is 25.0. The zero-order valence-corrected chi connectivity index (χ0v) is 46.1. The molecule has 8 heterocycles. The van der Waals surface area contributed by atoms with Gasteiger partial charge in [-0.25, -0.2) is 9.97 Å². The highest BCUT2D eigenvalue weighted by atomic mass is 32.1. The van der Waals surface area contributed by atoms with E-state index in [2.05, 4.69) is 64.4 Å². The number of aromatic nitrogens is 5. The van der Waals surface area contributed by atoms with Gasteiger partial charge in [-0.3, -0.25) is 9.59 Å². The van der Waals surface area contributed by atoms with Crippen LogP contribution in [0, 0.1) is 24.7 Å². The first-order valence-electron chi connectivity index (χ1n) is 27.9. The molecule has 5 fully saturated rings. The number of para-hydroxylation sites is 1. The number of benzene rings is 2. The summed E-state index contributed by atoms with van der Waals surface area (Å²) in [5, 5.41) is 37.1. The predicted octanol–water partition coefficient (Wildman–Crippen LogP) is 8.41. The molecule has 4 aliphatic heterocycles. The topological polar surface area (TPSA) is 222 Å². The summed E-state index contributed by atoms with van der Waals surface area (Å²) in [6.45, 7) is 14.4. The number of piperidine rings is 1. The van der Waals surface area contributed by atoms with Crippen LogP contribution in [0.5, 0.6) is 17.5 Å². The minimum absolute atomic E-state index is 0.0623. The Balaban J connectivity index is 0.610. The molecule has 6 aromatic rings. The molecule has 0 spiro atoms. The second-order valence-corrected chi connectivity index (χ2v) is 23.7. The van der Waals surface area contributed by atoms with Crippen molar-refractivity contribution in [1.82, 2.24) is 40.4 Å². The summed E-state index contributed by atoms with van der Waals surface area (Å²) in [4.78, 5) is 47.2. The standard InChI is InChI=1S/C59H73N11O7S/c1-34(2)55(59(74)69-32-45(71)26-50(69)58(73)63-36(4)40-10-12-41(13-11-40)56-37(5)62-33-78-56)52-28-54(66-77-52)75-21-18-38-17-20-67(35(3)22-38)29-39-23-46(24-39)76-53-25-42(16-19-61-53)70-43-14-15-44(70)31-68(30-43)49-27-48(64-65-57(49)60)47-8-6-7-9-51(47)72/h6-13,16,19,25,27-28,33-36,38-39,43-46,50,55,71-72H,14-15,17-18,20-24,26,29-32H2,1-5H3,(H2,60,65)(H,63,73)/t35-,36-,38-,39-,43?,44?,45+,46-,50-,55+/m0/s1. The van der Waals surface area contributed by atoms with Crippen molar-refractivity contribution in [2.24, 2.45) is 17.8 Å². The smallest absolute Gasteiger partial charge is 0.254 e. The first-order valence-corrected chi connectivity index (χ1v) is 28.8. The molecule has 0 radical (unpaired) electrons. The number of amides is 2. The summed E-state index contributed by atoms with van der Waals surface area (Å²) in [5.74, 6) is 1.62. The number of nitrogen functional groups attached to an aromatic ring is 1. The molecule has 5 N–H and O–H groups in total. The van der Waals surface area contributed by atoms with Gasteiger partial charge in [-0.15, -0.1) is 21.5 Å². The van der Waals surface area contributed by atoms with Gasteiger partial charge in [0.25, 0.3) is 5.88 Å². The molecule has 2 bridgehead atoms. The van der Waals surface area contributed by atoms with E-state index in [0.29, 0.717) is 71.2 Å². The third-order valence-corrected chi connectivity index (χ3v) is 18.1. The van der Waals surface area contributed by atoms with Crippen LogP contribution in [0.4, 0.5) is 17.2 Å². The zero-order valence-electron chi connectivity index (χ0n) is 45.3. The highest BCUT2D eigenvalue weighted by molar-refractivity contribution is 7.13. The lowest BCUT2D eigenvalue weighted by Gasteiger charge is -2.44. The molecule has 412 valence electrons. The quantitative estimate of drug-likeness (QED) is 0.0634. The van der Waals surface area contributed by atoms with E-state index in [1.54, 1.807) is 29.5 Å². The van der Waals surface area contributed by atoms with Crippen LogP contribution in [0.2, 0.25) is 0 Å². The van der Waals surface area contributed by atoms with Crippen LogP contribution in [0.3, 0.4) is 0 Å². The lowest BCUT2D eigenvalue weighted by atomic mass is 9.80. The molecule has 4 aromatic heterocycles. The van der Waals surface area contributed by atoms with Gasteiger partial charge in [0.2, 0.25) is 17.7 Å². The van der Waals surface area contributed by atoms with Gasteiger partial charge in [-0.1, -0.05) is 50.2 Å². The SMILES string of the molecule is Cc1ncsc1-c1ccc([C@H](C)NC(=O)[C@@H]2C[C@@H](O)CN2C(=O)[C@@H](c2cc(OCC[C@@H]3CCN(C[C@H]4C[C@H](Oc5cc(N6C7CCC6CN(c6cc(-c8ccccc8O)nnc6N)C7)ccn5)C4)[C@@H](C)C3)no2)C(C)C)cc1. The van der Waals surface area contributed by atoms with Crippen molar-refractivity contribution in [3.05, 3.63) is 102 Å². The third-order valence-electron chi connectivity index (χ3n) is 17.1. The number of likely N-dealkylation sites (tertiary alicyclic amines) is 2. The highest BCUT2D eigenvalue weighted by Crippen LogP contribution is 2.41. The van der Waals surface area contributed by atoms with Gasteiger partial charge in [0.1, 0.15) is 23.8 Å². The predicted molar refractivity (Wildman–Crippen MR) is 299 cm³/mol. The average Bonchev–Trinajstić information content (AvgIpc) is 4.34. The molecular weight excluding hydrogens is 1010 g/mol. The van der Waals surface area contributed by atoms with E-state index >= 15 is 0 Å². The van der Waals surface area contributed by atoms with Crippen molar-refractivity contribution < 1.29 is 33.8 Å². The van der Waals surface area contributed by atoms with E-state index < -0.39 is 18.1 Å². The number of hydrogen-bond donors (Lipinski definition) is 4. The minimum Gasteiger partial charge on any atom is -0.507 e. The van der Waals surface area contributed by atoms with E-state index in [9.17, 15) is 19.8 Å². The number of phenolic OH excluding ortho intramolecular Hbond substituents is 1. The summed E-state index contributed by atoms with van der Waals surface area (Å²) in [6, 6.07) is 23.0. The van der Waals surface area contributed by atoms with E-state index in [1.165, 1.54) is 4.90 Å². The second-order valence-electron chi connectivity index (χ2n) is 22.8. The van der Waals surface area contributed by atoms with Crippen molar-refractivity contribution >= 4 is 40.3 Å². The molecule has 8 atom stereocenters. The third kappa shape index (κ3) is 11.4. The fraction of sp³-hybridized carbons (Fsp3) is 0.508. The van der Waals surface area contributed by atoms with Crippen LogP contribution in [0.1, 0.15) is 108 Å². The van der Waals surface area contributed by atoms with Gasteiger partial charge in [0.05, 0.1) is 46.2 Å². The van der Waals surface area contributed by atoms with Crippen LogP contribution < -0.4 is 30.3 Å².